The van der Waals surface area contributed by atoms with Gasteiger partial charge in [0.1, 0.15) is 11.5 Å². The molecule has 0 spiro atoms. The van der Waals surface area contributed by atoms with Crippen molar-refractivity contribution in [1.29, 1.82) is 0 Å². The van der Waals surface area contributed by atoms with Crippen LogP contribution < -0.4 is 5.32 Å². The maximum atomic E-state index is 13.7. The number of hydrogen-bond donors (Lipinski definition) is 1. The molecular formula is C14H11ClF2N2O2. The van der Waals surface area contributed by atoms with Crippen LogP contribution in [0.15, 0.2) is 30.3 Å². The van der Waals surface area contributed by atoms with Gasteiger partial charge >= 0.3 is 0 Å². The molecule has 0 saturated heterocycles. The summed E-state index contributed by atoms with van der Waals surface area (Å²) in [5.74, 6) is -2.00. The number of nitro benzene ring substituents is 1. The molecule has 110 valence electrons. The van der Waals surface area contributed by atoms with Crippen molar-refractivity contribution in [3.63, 3.8) is 0 Å². The van der Waals surface area contributed by atoms with E-state index in [1.165, 1.54) is 0 Å². The first-order chi connectivity index (χ1) is 9.88. The molecule has 7 heteroatoms. The van der Waals surface area contributed by atoms with E-state index in [1.807, 2.05) is 6.92 Å². The zero-order chi connectivity index (χ0) is 15.6. The highest BCUT2D eigenvalue weighted by atomic mass is 35.5. The van der Waals surface area contributed by atoms with Crippen LogP contribution in [0.5, 0.6) is 0 Å². The van der Waals surface area contributed by atoms with Crippen LogP contribution in [0.25, 0.3) is 0 Å². The average Bonchev–Trinajstić information content (AvgIpc) is 2.38. The lowest BCUT2D eigenvalue weighted by Gasteiger charge is -2.10. The Hall–Kier alpha value is -2.21. The molecule has 0 aromatic heterocycles. The summed E-state index contributed by atoms with van der Waals surface area (Å²) in [6.45, 7) is 1.98. The lowest BCUT2D eigenvalue weighted by molar-refractivity contribution is -0.384. The molecular weight excluding hydrogens is 302 g/mol. The summed E-state index contributed by atoms with van der Waals surface area (Å²) >= 11 is 5.83. The Morgan fingerprint density at radius 1 is 1.29 bits per heavy atom. The molecule has 0 unspecified atom stereocenters. The van der Waals surface area contributed by atoms with Crippen molar-refractivity contribution in [2.24, 2.45) is 0 Å². The Morgan fingerprint density at radius 2 is 2.00 bits per heavy atom. The van der Waals surface area contributed by atoms with Crippen LogP contribution in [0.3, 0.4) is 0 Å². The number of rotatable bonds is 4. The topological polar surface area (TPSA) is 55.2 Å². The monoisotopic (exact) mass is 312 g/mol. The maximum absolute atomic E-state index is 13.7. The molecule has 1 N–H and O–H groups in total. The number of aryl methyl sites for hydroxylation is 1. The van der Waals surface area contributed by atoms with Crippen LogP contribution >= 0.6 is 11.6 Å². The van der Waals surface area contributed by atoms with Gasteiger partial charge in [0.25, 0.3) is 5.69 Å². The SMILES string of the molecule is Cc1cc(Cl)ccc1CNc1c(F)cc(F)cc1[N+](=O)[O-]. The quantitative estimate of drug-likeness (QED) is 0.670. The summed E-state index contributed by atoms with van der Waals surface area (Å²) in [5, 5.41) is 14.1. The first-order valence-corrected chi connectivity index (χ1v) is 6.38. The van der Waals surface area contributed by atoms with E-state index in [1.54, 1.807) is 18.2 Å². The third-order valence-electron chi connectivity index (χ3n) is 2.99. The number of nitrogens with zero attached hydrogens (tertiary/aromatic N) is 1. The van der Waals surface area contributed by atoms with Crippen molar-refractivity contribution in [3.05, 3.63) is 68.2 Å². The molecule has 4 nitrogen and oxygen atoms in total. The van der Waals surface area contributed by atoms with Crippen molar-refractivity contribution >= 4 is 23.0 Å². The predicted octanol–water partition coefficient (Wildman–Crippen LogP) is 4.45. The van der Waals surface area contributed by atoms with E-state index >= 15 is 0 Å². The molecule has 0 aliphatic heterocycles. The van der Waals surface area contributed by atoms with Crippen LogP contribution in [0.4, 0.5) is 20.2 Å². The number of halogens is 3. The molecule has 0 fully saturated rings. The summed E-state index contributed by atoms with van der Waals surface area (Å²) in [6.07, 6.45) is 0. The van der Waals surface area contributed by atoms with Crippen molar-refractivity contribution in [1.82, 2.24) is 0 Å². The van der Waals surface area contributed by atoms with Crippen molar-refractivity contribution < 1.29 is 13.7 Å². The first-order valence-electron chi connectivity index (χ1n) is 6.01. The maximum Gasteiger partial charge on any atom is 0.298 e. The summed E-state index contributed by atoms with van der Waals surface area (Å²) in [6, 6.07) is 6.41. The van der Waals surface area contributed by atoms with Gasteiger partial charge in [0.2, 0.25) is 0 Å². The number of benzene rings is 2. The van der Waals surface area contributed by atoms with Gasteiger partial charge < -0.3 is 5.32 Å². The molecule has 21 heavy (non-hydrogen) atoms. The molecule has 0 aliphatic carbocycles. The van der Waals surface area contributed by atoms with Crippen molar-refractivity contribution in [2.75, 3.05) is 5.32 Å². The lowest BCUT2D eigenvalue weighted by Crippen LogP contribution is -2.06. The highest BCUT2D eigenvalue weighted by Gasteiger charge is 2.20. The predicted molar refractivity (Wildman–Crippen MR) is 76.5 cm³/mol. The Kier molecular flexibility index (Phi) is 4.37. The third kappa shape index (κ3) is 3.46. The van der Waals surface area contributed by atoms with E-state index in [0.717, 1.165) is 11.1 Å². The average molecular weight is 313 g/mol. The van der Waals surface area contributed by atoms with Gasteiger partial charge in [0, 0.05) is 17.6 Å². The van der Waals surface area contributed by atoms with Gasteiger partial charge in [-0.15, -0.1) is 0 Å². The second-order valence-corrected chi connectivity index (χ2v) is 4.90. The molecule has 0 saturated carbocycles. The molecule has 0 amide bonds. The van der Waals surface area contributed by atoms with Crippen LogP contribution in [-0.2, 0) is 6.54 Å². The Balaban J connectivity index is 2.29. The standard InChI is InChI=1S/C14H11ClF2N2O2/c1-8-4-10(15)3-2-9(8)7-18-14-12(17)5-11(16)6-13(14)19(20)21/h2-6,18H,7H2,1H3. The molecule has 0 bridgehead atoms. The fourth-order valence-electron chi connectivity index (χ4n) is 1.92. The molecule has 2 aromatic carbocycles. The van der Waals surface area contributed by atoms with Gasteiger partial charge in [-0.05, 0) is 30.2 Å². The van der Waals surface area contributed by atoms with Gasteiger partial charge in [-0.1, -0.05) is 17.7 Å². The minimum absolute atomic E-state index is 0.159. The summed E-state index contributed by atoms with van der Waals surface area (Å²) < 4.78 is 26.8. The fraction of sp³-hybridized carbons (Fsp3) is 0.143. The highest BCUT2D eigenvalue weighted by Crippen LogP contribution is 2.29. The summed E-state index contributed by atoms with van der Waals surface area (Å²) in [5.41, 5.74) is 0.687. The van der Waals surface area contributed by atoms with Gasteiger partial charge in [-0.25, -0.2) is 8.78 Å². The van der Waals surface area contributed by atoms with Crippen molar-refractivity contribution in [2.45, 2.75) is 13.5 Å². The largest absolute Gasteiger partial charge is 0.373 e. The van der Waals surface area contributed by atoms with Crippen molar-refractivity contribution in [3.8, 4) is 0 Å². The van der Waals surface area contributed by atoms with E-state index in [0.29, 0.717) is 17.2 Å². The van der Waals surface area contributed by atoms with Crippen LogP contribution in [0, 0.1) is 28.7 Å². The Bertz CT molecular complexity index is 708. The molecule has 0 radical (unpaired) electrons. The van der Waals surface area contributed by atoms with Gasteiger partial charge in [0.05, 0.1) is 11.0 Å². The molecule has 2 rings (SSSR count). The number of nitrogens with one attached hydrogen (secondary N) is 1. The second kappa shape index (κ2) is 6.05. The fourth-order valence-corrected chi connectivity index (χ4v) is 2.15. The van der Waals surface area contributed by atoms with E-state index in [4.69, 9.17) is 11.6 Å². The van der Waals surface area contributed by atoms with Gasteiger partial charge in [0.15, 0.2) is 5.82 Å². The Morgan fingerprint density at radius 3 is 2.62 bits per heavy atom. The zero-order valence-corrected chi connectivity index (χ0v) is 11.7. The van der Waals surface area contributed by atoms with E-state index in [2.05, 4.69) is 5.32 Å². The van der Waals surface area contributed by atoms with E-state index < -0.39 is 22.2 Å². The smallest absolute Gasteiger partial charge is 0.298 e. The molecule has 0 atom stereocenters. The van der Waals surface area contributed by atoms with Crippen LogP contribution in [0.2, 0.25) is 5.02 Å². The molecule has 0 heterocycles. The number of nitro groups is 1. The van der Waals surface area contributed by atoms with E-state index in [-0.39, 0.29) is 12.2 Å². The Labute approximate surface area is 124 Å². The normalized spacial score (nSPS) is 10.5. The van der Waals surface area contributed by atoms with Gasteiger partial charge in [-0.2, -0.15) is 0 Å². The first kappa shape index (κ1) is 15.2. The highest BCUT2D eigenvalue weighted by molar-refractivity contribution is 6.30. The summed E-state index contributed by atoms with van der Waals surface area (Å²) in [7, 11) is 0. The summed E-state index contributed by atoms with van der Waals surface area (Å²) in [4.78, 5) is 10.0. The minimum atomic E-state index is -1.01. The van der Waals surface area contributed by atoms with Crippen LogP contribution in [0.1, 0.15) is 11.1 Å². The lowest BCUT2D eigenvalue weighted by atomic mass is 10.1. The van der Waals surface area contributed by atoms with E-state index in [9.17, 15) is 18.9 Å². The van der Waals surface area contributed by atoms with Crippen LogP contribution in [-0.4, -0.2) is 4.92 Å². The zero-order valence-electron chi connectivity index (χ0n) is 11.0. The molecule has 2 aromatic rings. The number of hydrogen-bond acceptors (Lipinski definition) is 3. The van der Waals surface area contributed by atoms with Gasteiger partial charge in [-0.3, -0.25) is 10.1 Å². The molecule has 0 aliphatic rings. The second-order valence-electron chi connectivity index (χ2n) is 4.46. The minimum Gasteiger partial charge on any atom is -0.373 e. The third-order valence-corrected chi connectivity index (χ3v) is 3.23. The number of anilines is 1.